The van der Waals surface area contributed by atoms with Crippen LogP contribution in [0.2, 0.25) is 0 Å². The summed E-state index contributed by atoms with van der Waals surface area (Å²) in [5, 5.41) is 0. The monoisotopic (exact) mass is 207 g/mol. The Morgan fingerprint density at radius 2 is 2.00 bits per heavy atom. The summed E-state index contributed by atoms with van der Waals surface area (Å²) in [5.74, 6) is 0.662. The summed E-state index contributed by atoms with van der Waals surface area (Å²) in [4.78, 5) is 10.8. The smallest absolute Gasteiger partial charge is 0.147 e. The van der Waals surface area contributed by atoms with E-state index in [4.69, 9.17) is 16.9 Å². The fraction of sp³-hybridized carbons (Fsp3) is 0.875. The van der Waals surface area contributed by atoms with Gasteiger partial charge in [0.05, 0.1) is 6.04 Å². The van der Waals surface area contributed by atoms with E-state index < -0.39 is 0 Å². The molecule has 2 N–H and O–H groups in total. The highest BCUT2D eigenvalue weighted by Gasteiger charge is 2.19. The SMILES string of the molecule is CC(=O)[C@@H](N)CS(=S)C(C)(C)C. The molecule has 0 saturated carbocycles. The Morgan fingerprint density at radius 3 is 2.25 bits per heavy atom. The molecule has 0 aliphatic heterocycles. The third-order valence-corrected chi connectivity index (χ3v) is 5.47. The van der Waals surface area contributed by atoms with E-state index in [9.17, 15) is 4.79 Å². The van der Waals surface area contributed by atoms with Crippen LogP contribution >= 0.6 is 0 Å². The lowest BCUT2D eigenvalue weighted by Crippen LogP contribution is -2.38. The molecule has 1 unspecified atom stereocenters. The van der Waals surface area contributed by atoms with Crippen molar-refractivity contribution in [2.24, 2.45) is 5.73 Å². The predicted molar refractivity (Wildman–Crippen MR) is 58.0 cm³/mol. The van der Waals surface area contributed by atoms with Gasteiger partial charge in [-0.2, -0.15) is 0 Å². The molecule has 72 valence electrons. The van der Waals surface area contributed by atoms with Crippen molar-refractivity contribution in [1.82, 2.24) is 0 Å². The van der Waals surface area contributed by atoms with Crippen molar-refractivity contribution in [3.8, 4) is 0 Å². The zero-order valence-corrected chi connectivity index (χ0v) is 9.72. The van der Waals surface area contributed by atoms with Crippen LogP contribution in [0.3, 0.4) is 0 Å². The number of Topliss-reactive ketones (excluding diaryl/α,β-unsaturated/α-hetero) is 1. The maximum atomic E-state index is 10.8. The molecule has 0 aromatic carbocycles. The number of nitrogens with two attached hydrogens (primary N) is 1. The third kappa shape index (κ3) is 4.28. The standard InChI is InChI=1S/C8H17NOS2/c1-6(10)7(9)5-12(11)8(2,3)4/h7H,5,9H2,1-4H3/t7-,12?/m0/s1. The first-order valence-electron chi connectivity index (χ1n) is 3.89. The Morgan fingerprint density at radius 1 is 1.58 bits per heavy atom. The molecular weight excluding hydrogens is 190 g/mol. The molecule has 2 atom stereocenters. The lowest BCUT2D eigenvalue weighted by Gasteiger charge is -2.22. The molecule has 2 nitrogen and oxygen atoms in total. The summed E-state index contributed by atoms with van der Waals surface area (Å²) in [6, 6.07) is -0.370. The largest absolute Gasteiger partial charge is 0.321 e. The fourth-order valence-corrected chi connectivity index (χ4v) is 2.03. The second-order valence-corrected chi connectivity index (χ2v) is 7.30. The predicted octanol–water partition coefficient (Wildman–Crippen LogP) is 0.781. The first-order chi connectivity index (χ1) is 5.25. The van der Waals surface area contributed by atoms with Crippen LogP contribution in [0.15, 0.2) is 0 Å². The second-order valence-electron chi connectivity index (χ2n) is 3.84. The number of hydrogen-bond donors (Lipinski definition) is 1. The van der Waals surface area contributed by atoms with Crippen molar-refractivity contribution in [2.75, 3.05) is 5.75 Å². The number of carbonyl (C=O) groups excluding carboxylic acids is 1. The van der Waals surface area contributed by atoms with Gasteiger partial charge in [0, 0.05) is 10.5 Å². The lowest BCUT2D eigenvalue weighted by molar-refractivity contribution is -0.117. The highest BCUT2D eigenvalue weighted by Crippen LogP contribution is 2.12. The Bertz CT molecular complexity index is 196. The molecule has 0 amide bonds. The van der Waals surface area contributed by atoms with Crippen LogP contribution in [0, 0.1) is 0 Å². The molecule has 0 rings (SSSR count). The molecule has 12 heavy (non-hydrogen) atoms. The van der Waals surface area contributed by atoms with Crippen LogP contribution in [-0.2, 0) is 25.4 Å². The van der Waals surface area contributed by atoms with Crippen molar-refractivity contribution in [3.63, 3.8) is 0 Å². The van der Waals surface area contributed by atoms with Gasteiger partial charge in [-0.15, -0.1) is 9.45 Å². The van der Waals surface area contributed by atoms with Crippen LogP contribution in [0.4, 0.5) is 0 Å². The zero-order chi connectivity index (χ0) is 9.94. The topological polar surface area (TPSA) is 43.1 Å². The van der Waals surface area contributed by atoms with Crippen LogP contribution < -0.4 is 5.73 Å². The Hall–Kier alpha value is 0.200. The second kappa shape index (κ2) is 4.44. The quantitative estimate of drug-likeness (QED) is 0.744. The van der Waals surface area contributed by atoms with Crippen LogP contribution in [0.1, 0.15) is 27.7 Å². The minimum absolute atomic E-state index is 0.0293. The summed E-state index contributed by atoms with van der Waals surface area (Å²) in [6.45, 7) is 7.75. The minimum atomic E-state index is -0.370. The van der Waals surface area contributed by atoms with E-state index in [1.165, 1.54) is 6.92 Å². The molecule has 0 bridgehead atoms. The van der Waals surface area contributed by atoms with E-state index in [0.29, 0.717) is 5.75 Å². The number of rotatable bonds is 3. The molecule has 0 fully saturated rings. The normalized spacial score (nSPS) is 17.1. The van der Waals surface area contributed by atoms with Crippen LogP contribution in [0.5, 0.6) is 0 Å². The molecule has 0 aromatic rings. The van der Waals surface area contributed by atoms with Crippen molar-refractivity contribution in [1.29, 1.82) is 0 Å². The fourth-order valence-electron chi connectivity index (χ4n) is 0.530. The van der Waals surface area contributed by atoms with Crippen LogP contribution in [-0.4, -0.2) is 22.3 Å². The third-order valence-electron chi connectivity index (χ3n) is 1.54. The maximum absolute atomic E-state index is 10.8. The molecule has 0 heterocycles. The Kier molecular flexibility index (Phi) is 4.51. The molecule has 0 radical (unpaired) electrons. The van der Waals surface area contributed by atoms with Gasteiger partial charge in [0.1, 0.15) is 5.78 Å². The molecule has 0 aliphatic rings. The summed E-state index contributed by atoms with van der Waals surface area (Å²) in [6.07, 6.45) is 0. The number of hydrogen-bond acceptors (Lipinski definition) is 3. The molecular formula is C8H17NOS2. The van der Waals surface area contributed by atoms with Gasteiger partial charge in [-0.25, -0.2) is 0 Å². The highest BCUT2D eigenvalue weighted by atomic mass is 32.8. The van der Waals surface area contributed by atoms with Gasteiger partial charge in [0.15, 0.2) is 0 Å². The van der Waals surface area contributed by atoms with Gasteiger partial charge < -0.3 is 5.73 Å². The van der Waals surface area contributed by atoms with Gasteiger partial charge in [-0.1, -0.05) is 32.0 Å². The minimum Gasteiger partial charge on any atom is -0.321 e. The van der Waals surface area contributed by atoms with E-state index in [1.807, 2.05) is 0 Å². The van der Waals surface area contributed by atoms with E-state index in [2.05, 4.69) is 20.8 Å². The van der Waals surface area contributed by atoms with Gasteiger partial charge >= 0.3 is 0 Å². The van der Waals surface area contributed by atoms with E-state index in [-0.39, 0.29) is 26.0 Å². The zero-order valence-electron chi connectivity index (χ0n) is 8.09. The van der Waals surface area contributed by atoms with E-state index in [0.717, 1.165) is 0 Å². The molecule has 0 aromatic heterocycles. The summed E-state index contributed by atoms with van der Waals surface area (Å²) in [5.41, 5.74) is 5.60. The lowest BCUT2D eigenvalue weighted by atomic mass is 10.2. The molecule has 0 spiro atoms. The van der Waals surface area contributed by atoms with E-state index >= 15 is 0 Å². The average molecular weight is 207 g/mol. The summed E-state index contributed by atoms with van der Waals surface area (Å²) < 4.78 is 0.0857. The Labute approximate surface area is 81.5 Å². The summed E-state index contributed by atoms with van der Waals surface area (Å²) in [7, 11) is -0.200. The van der Waals surface area contributed by atoms with Crippen molar-refractivity contribution >= 4 is 26.4 Å². The number of ketones is 1. The van der Waals surface area contributed by atoms with Gasteiger partial charge in [0.2, 0.25) is 0 Å². The highest BCUT2D eigenvalue weighted by molar-refractivity contribution is 8.29. The Balaban J connectivity index is 4.11. The summed E-state index contributed by atoms with van der Waals surface area (Å²) >= 11 is 5.27. The molecule has 4 heteroatoms. The van der Waals surface area contributed by atoms with Gasteiger partial charge in [-0.3, -0.25) is 4.79 Å². The first kappa shape index (κ1) is 12.2. The van der Waals surface area contributed by atoms with Crippen molar-refractivity contribution in [2.45, 2.75) is 38.5 Å². The average Bonchev–Trinajstić information content (AvgIpc) is 1.85. The van der Waals surface area contributed by atoms with Gasteiger partial charge in [-0.05, 0) is 6.92 Å². The van der Waals surface area contributed by atoms with Crippen molar-refractivity contribution < 1.29 is 4.79 Å². The first-order valence-corrected chi connectivity index (χ1v) is 6.21. The number of carbonyl (C=O) groups is 1. The van der Waals surface area contributed by atoms with Gasteiger partial charge in [0.25, 0.3) is 0 Å². The molecule has 0 aliphatic carbocycles. The van der Waals surface area contributed by atoms with Crippen molar-refractivity contribution in [3.05, 3.63) is 0 Å². The maximum Gasteiger partial charge on any atom is 0.147 e. The van der Waals surface area contributed by atoms with E-state index in [1.54, 1.807) is 0 Å². The van der Waals surface area contributed by atoms with Crippen LogP contribution in [0.25, 0.3) is 0 Å². The molecule has 0 saturated heterocycles.